The first-order valence-electron chi connectivity index (χ1n) is 10.3. The maximum Gasteiger partial charge on any atom is 0.319 e. The summed E-state index contributed by atoms with van der Waals surface area (Å²) in [5.41, 5.74) is 0.441. The predicted molar refractivity (Wildman–Crippen MR) is 126 cm³/mol. The molecule has 1 aliphatic heterocycles. The summed E-state index contributed by atoms with van der Waals surface area (Å²) in [4.78, 5) is 27.5. The van der Waals surface area contributed by atoms with Crippen molar-refractivity contribution in [2.75, 3.05) is 38.0 Å². The van der Waals surface area contributed by atoms with Crippen LogP contribution in [0.15, 0.2) is 59.5 Å². The highest BCUT2D eigenvalue weighted by molar-refractivity contribution is 7.89. The molecule has 168 valence electrons. The zero-order chi connectivity index (χ0) is 22.7. The van der Waals surface area contributed by atoms with E-state index in [-0.39, 0.29) is 43.0 Å². The third kappa shape index (κ3) is 4.34. The van der Waals surface area contributed by atoms with Gasteiger partial charge in [0.15, 0.2) is 0 Å². The standard InChI is InChI=1S/C22H24N4O4S2/c1-2-23-22(28)24-20-19(17-10-6-7-11-18(17)31-20)21(27)25-12-14-26(15-13-25)32(29,30)16-8-4-3-5-9-16/h3-11H,2,12-15H2,1H3,(H2,23,24,28). The van der Waals surface area contributed by atoms with Crippen molar-refractivity contribution in [2.45, 2.75) is 11.8 Å². The van der Waals surface area contributed by atoms with Crippen molar-refractivity contribution in [3.63, 3.8) is 0 Å². The molecule has 2 heterocycles. The number of urea groups is 1. The molecular formula is C22H24N4O4S2. The van der Waals surface area contributed by atoms with Crippen LogP contribution in [0.25, 0.3) is 10.1 Å². The van der Waals surface area contributed by atoms with E-state index in [2.05, 4.69) is 10.6 Å². The summed E-state index contributed by atoms with van der Waals surface area (Å²) < 4.78 is 28.1. The van der Waals surface area contributed by atoms with E-state index in [1.165, 1.54) is 15.6 Å². The van der Waals surface area contributed by atoms with Crippen LogP contribution in [0.5, 0.6) is 0 Å². The lowest BCUT2D eigenvalue weighted by molar-refractivity contribution is 0.0701. The van der Waals surface area contributed by atoms with Gasteiger partial charge in [-0.15, -0.1) is 11.3 Å². The molecule has 3 aromatic rings. The number of fused-ring (bicyclic) bond motifs is 1. The maximum atomic E-state index is 13.5. The average Bonchev–Trinajstić information content (AvgIpc) is 3.17. The van der Waals surface area contributed by atoms with Crippen LogP contribution in [-0.2, 0) is 10.0 Å². The molecule has 1 aliphatic rings. The van der Waals surface area contributed by atoms with Gasteiger partial charge in [0.25, 0.3) is 5.91 Å². The van der Waals surface area contributed by atoms with Gasteiger partial charge >= 0.3 is 6.03 Å². The molecule has 1 aromatic heterocycles. The van der Waals surface area contributed by atoms with E-state index in [0.717, 1.165) is 10.1 Å². The molecule has 10 heteroatoms. The second-order valence-corrected chi connectivity index (χ2v) is 10.3. The van der Waals surface area contributed by atoms with E-state index in [1.807, 2.05) is 31.2 Å². The highest BCUT2D eigenvalue weighted by Gasteiger charge is 2.32. The van der Waals surface area contributed by atoms with Crippen molar-refractivity contribution in [3.8, 4) is 0 Å². The minimum absolute atomic E-state index is 0.212. The fraction of sp³-hybridized carbons (Fsp3) is 0.273. The molecule has 0 unspecified atom stereocenters. The normalized spacial score (nSPS) is 15.0. The summed E-state index contributed by atoms with van der Waals surface area (Å²) >= 11 is 1.35. The maximum absolute atomic E-state index is 13.5. The molecule has 1 saturated heterocycles. The Hall–Kier alpha value is -2.95. The Labute approximate surface area is 190 Å². The molecule has 0 spiro atoms. The highest BCUT2D eigenvalue weighted by Crippen LogP contribution is 2.36. The van der Waals surface area contributed by atoms with Crippen LogP contribution in [0.3, 0.4) is 0 Å². The number of sulfonamides is 1. The number of hydrogen-bond donors (Lipinski definition) is 2. The topological polar surface area (TPSA) is 98.8 Å². The second-order valence-electron chi connectivity index (χ2n) is 7.30. The molecular weight excluding hydrogens is 448 g/mol. The van der Waals surface area contributed by atoms with Gasteiger partial charge in [0.1, 0.15) is 5.00 Å². The number of thiophene rings is 1. The lowest BCUT2D eigenvalue weighted by atomic mass is 10.1. The monoisotopic (exact) mass is 472 g/mol. The minimum atomic E-state index is -3.60. The Morgan fingerprint density at radius 3 is 2.31 bits per heavy atom. The number of rotatable bonds is 5. The van der Waals surface area contributed by atoms with Gasteiger partial charge in [-0.05, 0) is 25.1 Å². The van der Waals surface area contributed by atoms with Gasteiger partial charge in [-0.1, -0.05) is 36.4 Å². The molecule has 2 N–H and O–H groups in total. The van der Waals surface area contributed by atoms with E-state index >= 15 is 0 Å². The second kappa shape index (κ2) is 9.27. The van der Waals surface area contributed by atoms with Crippen LogP contribution in [0.4, 0.5) is 9.80 Å². The predicted octanol–water partition coefficient (Wildman–Crippen LogP) is 3.19. The van der Waals surface area contributed by atoms with Gasteiger partial charge in [-0.3, -0.25) is 10.1 Å². The Kier molecular flexibility index (Phi) is 6.45. The molecule has 0 aliphatic carbocycles. The molecule has 0 radical (unpaired) electrons. The van der Waals surface area contributed by atoms with Crippen LogP contribution in [-0.4, -0.2) is 62.3 Å². The Morgan fingerprint density at radius 2 is 1.62 bits per heavy atom. The van der Waals surface area contributed by atoms with Crippen molar-refractivity contribution >= 4 is 48.4 Å². The lowest BCUT2D eigenvalue weighted by Crippen LogP contribution is -2.50. The number of nitrogens with zero attached hydrogens (tertiary/aromatic N) is 2. The number of anilines is 1. The molecule has 0 bridgehead atoms. The number of carbonyl (C=O) groups excluding carboxylic acids is 2. The van der Waals surface area contributed by atoms with Crippen molar-refractivity contribution in [2.24, 2.45) is 0 Å². The van der Waals surface area contributed by atoms with E-state index in [9.17, 15) is 18.0 Å². The Morgan fingerprint density at radius 1 is 0.969 bits per heavy atom. The smallest absolute Gasteiger partial charge is 0.319 e. The molecule has 0 saturated carbocycles. The first-order valence-corrected chi connectivity index (χ1v) is 12.6. The Balaban J connectivity index is 1.55. The van der Waals surface area contributed by atoms with Gasteiger partial charge in [0.05, 0.1) is 10.5 Å². The average molecular weight is 473 g/mol. The van der Waals surface area contributed by atoms with Crippen molar-refractivity contribution in [1.29, 1.82) is 0 Å². The van der Waals surface area contributed by atoms with Crippen molar-refractivity contribution in [3.05, 3.63) is 60.2 Å². The number of carbonyl (C=O) groups is 2. The number of benzene rings is 2. The number of amides is 3. The summed E-state index contributed by atoms with van der Waals surface area (Å²) in [6.45, 7) is 3.26. The molecule has 32 heavy (non-hydrogen) atoms. The van der Waals surface area contributed by atoms with Crippen LogP contribution < -0.4 is 10.6 Å². The summed E-state index contributed by atoms with van der Waals surface area (Å²) in [6.07, 6.45) is 0. The minimum Gasteiger partial charge on any atom is -0.338 e. The fourth-order valence-electron chi connectivity index (χ4n) is 3.68. The third-order valence-corrected chi connectivity index (χ3v) is 8.28. The molecule has 8 nitrogen and oxygen atoms in total. The van der Waals surface area contributed by atoms with Crippen LogP contribution in [0, 0.1) is 0 Å². The zero-order valence-electron chi connectivity index (χ0n) is 17.6. The quantitative estimate of drug-likeness (QED) is 0.596. The summed E-state index contributed by atoms with van der Waals surface area (Å²) in [7, 11) is -3.60. The van der Waals surface area contributed by atoms with Crippen LogP contribution >= 0.6 is 11.3 Å². The Bertz CT molecular complexity index is 1230. The van der Waals surface area contributed by atoms with Gasteiger partial charge in [0.2, 0.25) is 10.0 Å². The molecule has 4 rings (SSSR count). The lowest BCUT2D eigenvalue weighted by Gasteiger charge is -2.34. The number of nitrogens with one attached hydrogen (secondary N) is 2. The largest absolute Gasteiger partial charge is 0.338 e. The summed E-state index contributed by atoms with van der Waals surface area (Å²) in [6, 6.07) is 15.4. The summed E-state index contributed by atoms with van der Waals surface area (Å²) in [5, 5.41) is 6.73. The van der Waals surface area contributed by atoms with E-state index in [0.29, 0.717) is 17.1 Å². The van der Waals surface area contributed by atoms with E-state index in [1.54, 1.807) is 35.2 Å². The highest BCUT2D eigenvalue weighted by atomic mass is 32.2. The molecule has 3 amide bonds. The summed E-state index contributed by atoms with van der Waals surface area (Å²) in [5.74, 6) is -0.217. The van der Waals surface area contributed by atoms with E-state index < -0.39 is 10.0 Å². The van der Waals surface area contributed by atoms with Gasteiger partial charge < -0.3 is 10.2 Å². The van der Waals surface area contributed by atoms with Crippen LogP contribution in [0.1, 0.15) is 17.3 Å². The molecule has 2 aromatic carbocycles. The number of piperazine rings is 1. The van der Waals surface area contributed by atoms with Crippen LogP contribution in [0.2, 0.25) is 0 Å². The fourth-order valence-corrected chi connectivity index (χ4v) is 6.22. The third-order valence-electron chi connectivity index (χ3n) is 5.28. The first kappa shape index (κ1) is 22.3. The first-order chi connectivity index (χ1) is 15.4. The molecule has 1 fully saturated rings. The van der Waals surface area contributed by atoms with Crippen molar-refractivity contribution in [1.82, 2.24) is 14.5 Å². The zero-order valence-corrected chi connectivity index (χ0v) is 19.2. The van der Waals surface area contributed by atoms with Gasteiger partial charge in [0, 0.05) is 42.8 Å². The SMILES string of the molecule is CCNC(=O)Nc1sc2ccccc2c1C(=O)N1CCN(S(=O)(=O)c2ccccc2)CC1. The van der Waals surface area contributed by atoms with E-state index in [4.69, 9.17) is 0 Å². The molecule has 0 atom stereocenters. The van der Waals surface area contributed by atoms with Crippen molar-refractivity contribution < 1.29 is 18.0 Å². The number of hydrogen-bond acceptors (Lipinski definition) is 5. The van der Waals surface area contributed by atoms with Gasteiger partial charge in [-0.2, -0.15) is 4.31 Å². The van der Waals surface area contributed by atoms with Gasteiger partial charge in [-0.25, -0.2) is 13.2 Å².